The van der Waals surface area contributed by atoms with E-state index in [1.54, 1.807) is 0 Å². The van der Waals surface area contributed by atoms with Crippen molar-refractivity contribution in [3.63, 3.8) is 0 Å². The number of hydrogen-bond acceptors (Lipinski definition) is 3. The van der Waals surface area contributed by atoms with Gasteiger partial charge in [0.15, 0.2) is 0 Å². The van der Waals surface area contributed by atoms with Crippen molar-refractivity contribution in [3.8, 4) is 0 Å². The van der Waals surface area contributed by atoms with E-state index in [2.05, 4.69) is 5.32 Å². The maximum atomic E-state index is 8.96. The second-order valence-corrected chi connectivity index (χ2v) is 3.35. The quantitative estimate of drug-likeness (QED) is 0.665. The van der Waals surface area contributed by atoms with Crippen LogP contribution in [0.2, 0.25) is 0 Å². The van der Waals surface area contributed by atoms with Crippen LogP contribution in [0.1, 0.15) is 18.1 Å². The molecule has 0 atom stereocenters. The van der Waals surface area contributed by atoms with E-state index in [9.17, 15) is 0 Å². The van der Waals surface area contributed by atoms with Crippen molar-refractivity contribution < 1.29 is 9.84 Å². The van der Waals surface area contributed by atoms with Gasteiger partial charge >= 0.3 is 0 Å². The van der Waals surface area contributed by atoms with Crippen LogP contribution in [0.5, 0.6) is 0 Å². The minimum Gasteiger partial charge on any atom is -0.392 e. The summed E-state index contributed by atoms with van der Waals surface area (Å²) < 4.78 is 5.21. The number of nitrogens with one attached hydrogen (secondary N) is 1. The first-order valence-electron chi connectivity index (χ1n) is 5.34. The van der Waals surface area contributed by atoms with Gasteiger partial charge in [-0.3, -0.25) is 0 Å². The van der Waals surface area contributed by atoms with E-state index in [-0.39, 0.29) is 6.61 Å². The molecule has 0 heterocycles. The van der Waals surface area contributed by atoms with E-state index < -0.39 is 0 Å². The molecule has 15 heavy (non-hydrogen) atoms. The first-order valence-corrected chi connectivity index (χ1v) is 5.34. The van der Waals surface area contributed by atoms with E-state index in [1.165, 1.54) is 5.56 Å². The molecule has 0 aliphatic rings. The highest BCUT2D eigenvalue weighted by molar-refractivity contribution is 5.22. The Morgan fingerprint density at radius 1 is 1.33 bits per heavy atom. The van der Waals surface area contributed by atoms with Crippen molar-refractivity contribution in [2.45, 2.75) is 20.1 Å². The van der Waals surface area contributed by atoms with Crippen LogP contribution >= 0.6 is 0 Å². The molecular weight excluding hydrogens is 190 g/mol. The molecule has 0 unspecified atom stereocenters. The molecule has 1 rings (SSSR count). The van der Waals surface area contributed by atoms with E-state index in [0.717, 1.165) is 31.9 Å². The Bertz CT molecular complexity index is 276. The van der Waals surface area contributed by atoms with Gasteiger partial charge in [0.1, 0.15) is 0 Å². The molecule has 0 amide bonds. The second kappa shape index (κ2) is 7.40. The van der Waals surface area contributed by atoms with E-state index >= 15 is 0 Å². The number of benzene rings is 1. The van der Waals surface area contributed by atoms with Gasteiger partial charge in [-0.2, -0.15) is 0 Å². The molecular formula is C12H19NO2. The van der Waals surface area contributed by atoms with Crippen LogP contribution in [0.4, 0.5) is 0 Å². The standard InChI is InChI=1S/C12H19NO2/c1-2-15-7-6-13-9-11-4-3-5-12(8-11)10-14/h3-5,8,13-14H,2,6-7,9-10H2,1H3. The number of ether oxygens (including phenoxy) is 1. The lowest BCUT2D eigenvalue weighted by atomic mass is 10.1. The summed E-state index contributed by atoms with van der Waals surface area (Å²) in [5.41, 5.74) is 2.15. The predicted molar refractivity (Wildman–Crippen MR) is 60.6 cm³/mol. The fraction of sp³-hybridized carbons (Fsp3) is 0.500. The average molecular weight is 209 g/mol. The number of aliphatic hydroxyl groups is 1. The fourth-order valence-electron chi connectivity index (χ4n) is 1.36. The minimum atomic E-state index is 0.104. The van der Waals surface area contributed by atoms with Gasteiger partial charge in [0.25, 0.3) is 0 Å². The van der Waals surface area contributed by atoms with Gasteiger partial charge in [-0.1, -0.05) is 24.3 Å². The highest BCUT2D eigenvalue weighted by Gasteiger charge is 1.94. The molecule has 0 radical (unpaired) electrons. The molecule has 0 aliphatic carbocycles. The third kappa shape index (κ3) is 4.93. The number of hydrogen-bond donors (Lipinski definition) is 2. The Morgan fingerprint density at radius 3 is 2.87 bits per heavy atom. The molecule has 1 aromatic carbocycles. The Morgan fingerprint density at radius 2 is 2.13 bits per heavy atom. The Kier molecular flexibility index (Phi) is 6.00. The first-order chi connectivity index (χ1) is 7.36. The molecule has 3 heteroatoms. The van der Waals surface area contributed by atoms with Gasteiger partial charge in [-0.15, -0.1) is 0 Å². The Hall–Kier alpha value is -0.900. The zero-order valence-electron chi connectivity index (χ0n) is 9.20. The molecule has 1 aromatic rings. The Labute approximate surface area is 91.1 Å². The monoisotopic (exact) mass is 209 g/mol. The molecule has 3 nitrogen and oxygen atoms in total. The lowest BCUT2D eigenvalue weighted by Gasteiger charge is -2.06. The molecule has 0 aromatic heterocycles. The summed E-state index contributed by atoms with van der Waals surface area (Å²) in [5, 5.41) is 12.2. The summed E-state index contributed by atoms with van der Waals surface area (Å²) >= 11 is 0. The van der Waals surface area contributed by atoms with Crippen LogP contribution in [0.15, 0.2) is 24.3 Å². The van der Waals surface area contributed by atoms with E-state index in [1.807, 2.05) is 31.2 Å². The van der Waals surface area contributed by atoms with Gasteiger partial charge in [0.05, 0.1) is 13.2 Å². The number of rotatable bonds is 7. The third-order valence-electron chi connectivity index (χ3n) is 2.13. The second-order valence-electron chi connectivity index (χ2n) is 3.35. The van der Waals surface area contributed by atoms with Crippen molar-refractivity contribution >= 4 is 0 Å². The van der Waals surface area contributed by atoms with Gasteiger partial charge in [0, 0.05) is 19.7 Å². The van der Waals surface area contributed by atoms with Crippen molar-refractivity contribution in [1.29, 1.82) is 0 Å². The first kappa shape index (κ1) is 12.2. The molecule has 0 fully saturated rings. The molecule has 0 spiro atoms. The maximum absolute atomic E-state index is 8.96. The van der Waals surface area contributed by atoms with E-state index in [0.29, 0.717) is 0 Å². The lowest BCUT2D eigenvalue weighted by molar-refractivity contribution is 0.149. The SMILES string of the molecule is CCOCCNCc1cccc(CO)c1. The van der Waals surface area contributed by atoms with Gasteiger partial charge in [-0.05, 0) is 18.1 Å². The highest BCUT2D eigenvalue weighted by atomic mass is 16.5. The zero-order chi connectivity index (χ0) is 10.9. The topological polar surface area (TPSA) is 41.5 Å². The molecule has 0 saturated carbocycles. The van der Waals surface area contributed by atoms with Crippen LogP contribution in [0.25, 0.3) is 0 Å². The molecule has 0 saturated heterocycles. The summed E-state index contributed by atoms with van der Waals surface area (Å²) in [6.45, 7) is 5.29. The summed E-state index contributed by atoms with van der Waals surface area (Å²) in [4.78, 5) is 0. The maximum Gasteiger partial charge on any atom is 0.0681 e. The summed E-state index contributed by atoms with van der Waals surface area (Å²) in [6, 6.07) is 7.94. The van der Waals surface area contributed by atoms with Crippen molar-refractivity contribution in [1.82, 2.24) is 5.32 Å². The van der Waals surface area contributed by atoms with Crippen LogP contribution in [-0.4, -0.2) is 24.9 Å². The lowest BCUT2D eigenvalue weighted by Crippen LogP contribution is -2.19. The average Bonchev–Trinajstić information content (AvgIpc) is 2.29. The normalized spacial score (nSPS) is 10.5. The van der Waals surface area contributed by atoms with E-state index in [4.69, 9.17) is 9.84 Å². The zero-order valence-corrected chi connectivity index (χ0v) is 9.20. The fourth-order valence-corrected chi connectivity index (χ4v) is 1.36. The van der Waals surface area contributed by atoms with Gasteiger partial charge in [0.2, 0.25) is 0 Å². The molecule has 0 bridgehead atoms. The summed E-state index contributed by atoms with van der Waals surface area (Å²) in [5.74, 6) is 0. The third-order valence-corrected chi connectivity index (χ3v) is 2.13. The molecule has 2 N–H and O–H groups in total. The largest absolute Gasteiger partial charge is 0.392 e. The molecule has 84 valence electrons. The van der Waals surface area contributed by atoms with Gasteiger partial charge in [-0.25, -0.2) is 0 Å². The minimum absolute atomic E-state index is 0.104. The van der Waals surface area contributed by atoms with Crippen molar-refractivity contribution in [2.24, 2.45) is 0 Å². The van der Waals surface area contributed by atoms with Crippen molar-refractivity contribution in [3.05, 3.63) is 35.4 Å². The van der Waals surface area contributed by atoms with Crippen molar-refractivity contribution in [2.75, 3.05) is 19.8 Å². The summed E-state index contributed by atoms with van der Waals surface area (Å²) in [7, 11) is 0. The number of aliphatic hydroxyl groups excluding tert-OH is 1. The van der Waals surface area contributed by atoms with Crippen LogP contribution in [0, 0.1) is 0 Å². The Balaban J connectivity index is 2.24. The molecule has 0 aliphatic heterocycles. The summed E-state index contributed by atoms with van der Waals surface area (Å²) in [6.07, 6.45) is 0. The van der Waals surface area contributed by atoms with Crippen LogP contribution in [-0.2, 0) is 17.9 Å². The highest BCUT2D eigenvalue weighted by Crippen LogP contribution is 2.04. The smallest absolute Gasteiger partial charge is 0.0681 e. The van der Waals surface area contributed by atoms with Gasteiger partial charge < -0.3 is 15.2 Å². The van der Waals surface area contributed by atoms with Crippen LogP contribution in [0.3, 0.4) is 0 Å². The predicted octanol–water partition coefficient (Wildman–Crippen LogP) is 1.30. The van der Waals surface area contributed by atoms with Crippen LogP contribution < -0.4 is 5.32 Å².